The summed E-state index contributed by atoms with van der Waals surface area (Å²) in [6, 6.07) is 22.0. The first kappa shape index (κ1) is 25.1. The Morgan fingerprint density at radius 2 is 1.75 bits per heavy atom. The molecule has 1 unspecified atom stereocenters. The average Bonchev–Trinajstić information content (AvgIpc) is 2.90. The van der Waals surface area contributed by atoms with Crippen LogP contribution in [0.4, 0.5) is 10.5 Å². The van der Waals surface area contributed by atoms with Gasteiger partial charge in [-0.05, 0) is 55.7 Å². The third kappa shape index (κ3) is 5.02. The smallest absolute Gasteiger partial charge is 0.322 e. The molecule has 0 bridgehead atoms. The van der Waals surface area contributed by atoms with Gasteiger partial charge in [-0.3, -0.25) is 9.36 Å². The predicted molar refractivity (Wildman–Crippen MR) is 144 cm³/mol. The second-order valence-electron chi connectivity index (χ2n) is 8.72. The van der Waals surface area contributed by atoms with Gasteiger partial charge in [0.1, 0.15) is 5.82 Å². The van der Waals surface area contributed by atoms with Gasteiger partial charge in [-0.2, -0.15) is 0 Å². The van der Waals surface area contributed by atoms with E-state index < -0.39 is 6.04 Å². The van der Waals surface area contributed by atoms with E-state index in [1.807, 2.05) is 80.6 Å². The van der Waals surface area contributed by atoms with Crippen LogP contribution in [0.3, 0.4) is 0 Å². The van der Waals surface area contributed by atoms with Crippen LogP contribution < -0.4 is 10.9 Å². The summed E-state index contributed by atoms with van der Waals surface area (Å²) in [5.74, 6) is 0.496. The highest BCUT2D eigenvalue weighted by Crippen LogP contribution is 2.26. The zero-order valence-corrected chi connectivity index (χ0v) is 21.2. The number of nitrogens with one attached hydrogen (secondary N) is 1. The first-order chi connectivity index (χ1) is 17.5. The molecule has 7 heteroatoms. The fourth-order valence-corrected chi connectivity index (χ4v) is 4.39. The van der Waals surface area contributed by atoms with Crippen LogP contribution in [-0.2, 0) is 11.2 Å². The highest BCUT2D eigenvalue weighted by molar-refractivity contribution is 5.90. The van der Waals surface area contributed by atoms with Gasteiger partial charge < -0.3 is 15.0 Å². The molecule has 0 aliphatic rings. The summed E-state index contributed by atoms with van der Waals surface area (Å²) in [7, 11) is 1.60. The molecule has 1 aromatic heterocycles. The minimum absolute atomic E-state index is 0.158. The maximum atomic E-state index is 13.8. The minimum Gasteiger partial charge on any atom is -0.383 e. The quantitative estimate of drug-likeness (QED) is 0.358. The van der Waals surface area contributed by atoms with E-state index in [-0.39, 0.29) is 11.6 Å². The number of rotatable bonds is 8. The monoisotopic (exact) mass is 484 g/mol. The number of fused-ring (bicyclic) bond motifs is 1. The van der Waals surface area contributed by atoms with E-state index in [2.05, 4.69) is 12.2 Å². The topological polar surface area (TPSA) is 76.5 Å². The van der Waals surface area contributed by atoms with Crippen molar-refractivity contribution in [3.8, 4) is 5.69 Å². The Balaban J connectivity index is 1.87. The first-order valence-electron chi connectivity index (χ1n) is 12.2. The van der Waals surface area contributed by atoms with Crippen molar-refractivity contribution in [3.63, 3.8) is 0 Å². The lowest BCUT2D eigenvalue weighted by atomic mass is 10.1. The molecule has 0 aliphatic heterocycles. The molecule has 7 nitrogen and oxygen atoms in total. The summed E-state index contributed by atoms with van der Waals surface area (Å²) < 4.78 is 6.98. The van der Waals surface area contributed by atoms with Crippen LogP contribution in [0.25, 0.3) is 16.6 Å². The molecule has 1 heterocycles. The van der Waals surface area contributed by atoms with E-state index in [0.29, 0.717) is 29.9 Å². The molecule has 36 heavy (non-hydrogen) atoms. The van der Waals surface area contributed by atoms with Crippen molar-refractivity contribution < 1.29 is 9.53 Å². The van der Waals surface area contributed by atoms with Gasteiger partial charge in [0, 0.05) is 19.3 Å². The summed E-state index contributed by atoms with van der Waals surface area (Å²) in [4.78, 5) is 34.0. The fourth-order valence-electron chi connectivity index (χ4n) is 4.39. The summed E-state index contributed by atoms with van der Waals surface area (Å²) in [6.45, 7) is 6.57. The Morgan fingerprint density at radius 1 is 1.06 bits per heavy atom. The Hall–Kier alpha value is -3.97. The van der Waals surface area contributed by atoms with Crippen molar-refractivity contribution in [3.05, 3.63) is 100 Å². The number of anilines is 1. The molecule has 3 aromatic carbocycles. The molecule has 1 N–H and O–H groups in total. The molecule has 1 atom stereocenters. The number of nitrogens with zero attached hydrogens (tertiary/aromatic N) is 3. The van der Waals surface area contributed by atoms with E-state index in [9.17, 15) is 9.59 Å². The summed E-state index contributed by atoms with van der Waals surface area (Å²) >= 11 is 0. The number of methoxy groups -OCH3 is 1. The predicted octanol–water partition coefficient (Wildman–Crippen LogP) is 5.50. The molecule has 0 saturated carbocycles. The summed E-state index contributed by atoms with van der Waals surface area (Å²) in [5, 5.41) is 3.55. The van der Waals surface area contributed by atoms with Gasteiger partial charge >= 0.3 is 6.03 Å². The number of hydrogen-bond donors (Lipinski definition) is 1. The Kier molecular flexibility index (Phi) is 7.80. The zero-order valence-electron chi connectivity index (χ0n) is 21.2. The van der Waals surface area contributed by atoms with Crippen molar-refractivity contribution in [1.82, 2.24) is 14.5 Å². The second kappa shape index (κ2) is 11.2. The highest BCUT2D eigenvalue weighted by Gasteiger charge is 2.27. The molecule has 0 radical (unpaired) electrons. The molecule has 0 saturated heterocycles. The number of aryl methyl sites for hydroxylation is 2. The number of carbonyl (C=O) groups is 1. The third-order valence-corrected chi connectivity index (χ3v) is 6.44. The van der Waals surface area contributed by atoms with Gasteiger partial charge in [0.15, 0.2) is 0 Å². The lowest BCUT2D eigenvalue weighted by Crippen LogP contribution is -2.41. The minimum atomic E-state index is -0.522. The van der Waals surface area contributed by atoms with Gasteiger partial charge in [0.2, 0.25) is 0 Å². The van der Waals surface area contributed by atoms with Gasteiger partial charge in [-0.15, -0.1) is 0 Å². The Bertz CT molecular complexity index is 1430. The van der Waals surface area contributed by atoms with Crippen molar-refractivity contribution in [2.75, 3.05) is 25.6 Å². The number of hydrogen-bond acceptors (Lipinski definition) is 4. The maximum absolute atomic E-state index is 13.8. The molecule has 4 rings (SSSR count). The number of urea groups is 1. The van der Waals surface area contributed by atoms with Crippen LogP contribution in [0.1, 0.15) is 36.8 Å². The molecule has 0 spiro atoms. The molecule has 186 valence electrons. The first-order valence-corrected chi connectivity index (χ1v) is 12.2. The fraction of sp³-hybridized carbons (Fsp3) is 0.276. The molecule has 0 aliphatic carbocycles. The standard InChI is InChI=1S/C29H32N4O3/c1-5-22-13-7-11-17-26(22)33-27(30-25-16-10-8-14-23(25)28(33)34)21(3)32(18-19-36-4)29(35)31-24-15-9-6-12-20(24)2/h6-17,21H,5,18-19H2,1-4H3,(H,31,35). The number of para-hydroxylation sites is 3. The molecular weight excluding hydrogens is 452 g/mol. The van der Waals surface area contributed by atoms with Gasteiger partial charge in [0.05, 0.1) is 29.2 Å². The molecule has 2 amide bonds. The van der Waals surface area contributed by atoms with Crippen LogP contribution in [0.15, 0.2) is 77.6 Å². The maximum Gasteiger partial charge on any atom is 0.322 e. The SMILES string of the molecule is CCc1ccccc1-n1c(C(C)N(CCOC)C(=O)Nc2ccccc2C)nc2ccccc2c1=O. The number of ether oxygens (including phenoxy) is 1. The lowest BCUT2D eigenvalue weighted by Gasteiger charge is -2.31. The zero-order chi connectivity index (χ0) is 25.7. The van der Waals surface area contributed by atoms with E-state index in [4.69, 9.17) is 9.72 Å². The van der Waals surface area contributed by atoms with Crippen LogP contribution in [0.2, 0.25) is 0 Å². The Labute approximate surface area is 211 Å². The Morgan fingerprint density at radius 3 is 2.50 bits per heavy atom. The largest absolute Gasteiger partial charge is 0.383 e. The number of carbonyl (C=O) groups excluding carboxylic acids is 1. The van der Waals surface area contributed by atoms with Crippen LogP contribution in [0.5, 0.6) is 0 Å². The third-order valence-electron chi connectivity index (χ3n) is 6.44. The lowest BCUT2D eigenvalue weighted by molar-refractivity contribution is 0.137. The van der Waals surface area contributed by atoms with Crippen LogP contribution >= 0.6 is 0 Å². The number of aromatic nitrogens is 2. The normalized spacial score (nSPS) is 11.9. The van der Waals surface area contributed by atoms with Crippen LogP contribution in [0, 0.1) is 6.92 Å². The van der Waals surface area contributed by atoms with E-state index in [0.717, 1.165) is 28.9 Å². The van der Waals surface area contributed by atoms with E-state index >= 15 is 0 Å². The summed E-state index contributed by atoms with van der Waals surface area (Å²) in [6.07, 6.45) is 0.754. The molecule has 0 fully saturated rings. The molecule has 4 aromatic rings. The average molecular weight is 485 g/mol. The van der Waals surface area contributed by atoms with Crippen molar-refractivity contribution in [2.45, 2.75) is 33.2 Å². The number of amides is 2. The van der Waals surface area contributed by atoms with Gasteiger partial charge in [0.25, 0.3) is 5.56 Å². The van der Waals surface area contributed by atoms with Crippen molar-refractivity contribution in [1.29, 1.82) is 0 Å². The molecular formula is C29H32N4O3. The summed E-state index contributed by atoms with van der Waals surface area (Å²) in [5.41, 5.74) is 3.93. The number of benzene rings is 3. The van der Waals surface area contributed by atoms with E-state index in [1.165, 1.54) is 0 Å². The second-order valence-corrected chi connectivity index (χ2v) is 8.72. The van der Waals surface area contributed by atoms with Crippen molar-refractivity contribution >= 4 is 22.6 Å². The van der Waals surface area contributed by atoms with Gasteiger partial charge in [-0.1, -0.05) is 55.5 Å². The van der Waals surface area contributed by atoms with Crippen LogP contribution in [-0.4, -0.2) is 40.7 Å². The van der Waals surface area contributed by atoms with Gasteiger partial charge in [-0.25, -0.2) is 9.78 Å². The highest BCUT2D eigenvalue weighted by atomic mass is 16.5. The van der Waals surface area contributed by atoms with Crippen molar-refractivity contribution in [2.24, 2.45) is 0 Å². The van der Waals surface area contributed by atoms with E-state index in [1.54, 1.807) is 22.6 Å².